The predicted octanol–water partition coefficient (Wildman–Crippen LogP) is 3.52. The molecular weight excluding hydrogens is 300 g/mol. The van der Waals surface area contributed by atoms with E-state index in [1.165, 1.54) is 0 Å². The van der Waals surface area contributed by atoms with E-state index in [1.54, 1.807) is 6.92 Å². The maximum atomic E-state index is 12.2. The first-order chi connectivity index (χ1) is 11.2. The Morgan fingerprint density at radius 1 is 0.917 bits per heavy atom. The van der Waals surface area contributed by atoms with E-state index in [0.29, 0.717) is 0 Å². The molecule has 4 heteroatoms. The van der Waals surface area contributed by atoms with Crippen LogP contribution in [0.2, 0.25) is 0 Å². The summed E-state index contributed by atoms with van der Waals surface area (Å²) >= 11 is 0. The van der Waals surface area contributed by atoms with Crippen LogP contribution in [-0.4, -0.2) is 39.3 Å². The maximum Gasteiger partial charge on any atom is 0.318 e. The number of nitrogens with zero attached hydrogens (tertiary/aromatic N) is 2. The fraction of sp³-hybridized carbons (Fsp3) is 0.350. The van der Waals surface area contributed by atoms with Crippen LogP contribution in [0.1, 0.15) is 23.6 Å². The van der Waals surface area contributed by atoms with Crippen LogP contribution >= 0.6 is 0 Å². The van der Waals surface area contributed by atoms with Gasteiger partial charge in [0.15, 0.2) is 0 Å². The Bertz CT molecular complexity index is 736. The van der Waals surface area contributed by atoms with E-state index in [-0.39, 0.29) is 0 Å². The predicted molar refractivity (Wildman–Crippen MR) is 100 cm³/mol. The van der Waals surface area contributed by atoms with Gasteiger partial charge in [-0.15, -0.1) is 0 Å². The van der Waals surface area contributed by atoms with Crippen LogP contribution in [0.3, 0.4) is 0 Å². The molecule has 0 saturated carbocycles. The second-order valence-corrected chi connectivity index (χ2v) is 6.77. The second-order valence-electron chi connectivity index (χ2n) is 6.77. The van der Waals surface area contributed by atoms with Crippen molar-refractivity contribution in [2.24, 2.45) is 0 Å². The lowest BCUT2D eigenvalue weighted by Crippen LogP contribution is -2.34. The quantitative estimate of drug-likeness (QED) is 0.913. The first-order valence-corrected chi connectivity index (χ1v) is 7.97. The third-order valence-electron chi connectivity index (χ3n) is 4.65. The van der Waals surface area contributed by atoms with Gasteiger partial charge < -0.3 is 14.9 Å². The zero-order chi connectivity index (χ0) is 18.1. The molecule has 2 rings (SSSR count). The molecule has 0 radical (unpaired) electrons. The van der Waals surface area contributed by atoms with Gasteiger partial charge in [-0.05, 0) is 54.8 Å². The van der Waals surface area contributed by atoms with Crippen LogP contribution in [0.25, 0.3) is 0 Å². The first-order valence-electron chi connectivity index (χ1n) is 7.97. The van der Waals surface area contributed by atoms with E-state index in [9.17, 15) is 9.90 Å². The lowest BCUT2D eigenvalue weighted by molar-refractivity contribution is -0.141. The van der Waals surface area contributed by atoms with Crippen LogP contribution in [0.15, 0.2) is 42.5 Å². The molecule has 2 aromatic carbocycles. The number of hydrogen-bond acceptors (Lipinski definition) is 3. The molecule has 2 aromatic rings. The minimum atomic E-state index is -1.08. The van der Waals surface area contributed by atoms with Crippen LogP contribution < -0.4 is 9.80 Å². The normalized spacial score (nSPS) is 13.2. The van der Waals surface area contributed by atoms with E-state index < -0.39 is 11.4 Å². The number of rotatable bonds is 5. The van der Waals surface area contributed by atoms with Gasteiger partial charge in [-0.1, -0.05) is 18.2 Å². The van der Waals surface area contributed by atoms with Crippen LogP contribution in [0, 0.1) is 6.92 Å². The number of hydrogen-bond donors (Lipinski definition) is 1. The molecule has 1 atom stereocenters. The van der Waals surface area contributed by atoms with Crippen molar-refractivity contribution in [2.45, 2.75) is 19.3 Å². The lowest BCUT2D eigenvalue weighted by atomic mass is 9.74. The van der Waals surface area contributed by atoms with Gasteiger partial charge in [-0.3, -0.25) is 4.79 Å². The maximum absolute atomic E-state index is 12.2. The second kappa shape index (κ2) is 6.56. The first kappa shape index (κ1) is 17.9. The standard InChI is InChI=1S/C20H26N2O2/c1-14-13-17(22(5)6)11-12-18(14)20(2,19(23)24)15-7-9-16(10-8-15)21(3)4/h7-13H,1-6H3,(H,23,24). The molecule has 24 heavy (non-hydrogen) atoms. The average molecular weight is 326 g/mol. The minimum absolute atomic E-state index is 0.779. The molecule has 0 fully saturated rings. The van der Waals surface area contributed by atoms with Gasteiger partial charge in [-0.2, -0.15) is 0 Å². The highest BCUT2D eigenvalue weighted by atomic mass is 16.4. The summed E-state index contributed by atoms with van der Waals surface area (Å²) < 4.78 is 0. The highest BCUT2D eigenvalue weighted by Crippen LogP contribution is 2.36. The molecule has 0 aliphatic rings. The lowest BCUT2D eigenvalue weighted by Gasteiger charge is -2.29. The molecule has 128 valence electrons. The van der Waals surface area contributed by atoms with E-state index in [1.807, 2.05) is 87.4 Å². The van der Waals surface area contributed by atoms with Gasteiger partial charge in [0, 0.05) is 39.6 Å². The van der Waals surface area contributed by atoms with Crippen molar-refractivity contribution in [3.8, 4) is 0 Å². The summed E-state index contributed by atoms with van der Waals surface area (Å²) in [5.74, 6) is -0.846. The summed E-state index contributed by atoms with van der Waals surface area (Å²) in [5.41, 5.74) is 3.60. The fourth-order valence-electron chi connectivity index (χ4n) is 2.97. The molecule has 0 saturated heterocycles. The molecule has 0 amide bonds. The van der Waals surface area contributed by atoms with Crippen LogP contribution in [0.5, 0.6) is 0 Å². The zero-order valence-electron chi connectivity index (χ0n) is 15.3. The molecular formula is C20H26N2O2. The Labute approximate surface area is 144 Å². The van der Waals surface area contributed by atoms with Crippen molar-refractivity contribution < 1.29 is 9.90 Å². The number of aryl methyl sites for hydroxylation is 1. The SMILES string of the molecule is Cc1cc(N(C)C)ccc1C(C)(C(=O)O)c1ccc(N(C)C)cc1. The molecule has 4 nitrogen and oxygen atoms in total. The topological polar surface area (TPSA) is 43.8 Å². The van der Waals surface area contributed by atoms with Crippen molar-refractivity contribution >= 4 is 17.3 Å². The molecule has 0 bridgehead atoms. The Balaban J connectivity index is 2.57. The average Bonchev–Trinajstić information content (AvgIpc) is 2.53. The highest BCUT2D eigenvalue weighted by molar-refractivity contribution is 5.86. The molecule has 0 spiro atoms. The molecule has 0 aliphatic heterocycles. The molecule has 0 heterocycles. The summed E-state index contributed by atoms with van der Waals surface area (Å²) in [6, 6.07) is 13.7. The van der Waals surface area contributed by atoms with Gasteiger partial charge in [0.05, 0.1) is 0 Å². The monoisotopic (exact) mass is 326 g/mol. The van der Waals surface area contributed by atoms with Crippen LogP contribution in [0.4, 0.5) is 11.4 Å². The van der Waals surface area contributed by atoms with Crippen molar-refractivity contribution in [1.29, 1.82) is 0 Å². The van der Waals surface area contributed by atoms with Crippen molar-refractivity contribution in [3.05, 3.63) is 59.2 Å². The van der Waals surface area contributed by atoms with E-state index in [0.717, 1.165) is 28.1 Å². The summed E-state index contributed by atoms with van der Waals surface area (Å²) in [6.45, 7) is 3.75. The molecule has 0 aromatic heterocycles. The highest BCUT2D eigenvalue weighted by Gasteiger charge is 2.38. The fourth-order valence-corrected chi connectivity index (χ4v) is 2.97. The Hall–Kier alpha value is -2.49. The number of anilines is 2. The van der Waals surface area contributed by atoms with Gasteiger partial charge in [-0.25, -0.2) is 0 Å². The Morgan fingerprint density at radius 3 is 1.83 bits per heavy atom. The molecule has 0 aliphatic carbocycles. The third-order valence-corrected chi connectivity index (χ3v) is 4.65. The van der Waals surface area contributed by atoms with Crippen molar-refractivity contribution in [2.75, 3.05) is 38.0 Å². The molecule has 1 N–H and O–H groups in total. The van der Waals surface area contributed by atoms with Gasteiger partial charge in [0.25, 0.3) is 0 Å². The minimum Gasteiger partial charge on any atom is -0.480 e. The number of benzene rings is 2. The Morgan fingerprint density at radius 2 is 1.42 bits per heavy atom. The smallest absolute Gasteiger partial charge is 0.318 e. The number of aliphatic carboxylic acids is 1. The van der Waals surface area contributed by atoms with Crippen molar-refractivity contribution in [3.63, 3.8) is 0 Å². The van der Waals surface area contributed by atoms with E-state index in [2.05, 4.69) is 0 Å². The summed E-state index contributed by atoms with van der Waals surface area (Å²) in [7, 11) is 7.89. The summed E-state index contributed by atoms with van der Waals surface area (Å²) in [6.07, 6.45) is 0. The summed E-state index contributed by atoms with van der Waals surface area (Å²) in [4.78, 5) is 16.2. The molecule has 1 unspecified atom stereocenters. The van der Waals surface area contributed by atoms with E-state index in [4.69, 9.17) is 0 Å². The number of carboxylic acid groups (broad SMARTS) is 1. The van der Waals surface area contributed by atoms with Gasteiger partial charge in [0.1, 0.15) is 5.41 Å². The number of carboxylic acids is 1. The Kier molecular flexibility index (Phi) is 4.88. The van der Waals surface area contributed by atoms with E-state index >= 15 is 0 Å². The van der Waals surface area contributed by atoms with Crippen molar-refractivity contribution in [1.82, 2.24) is 0 Å². The van der Waals surface area contributed by atoms with Crippen LogP contribution in [-0.2, 0) is 10.2 Å². The largest absolute Gasteiger partial charge is 0.480 e. The zero-order valence-corrected chi connectivity index (χ0v) is 15.3. The van der Waals surface area contributed by atoms with Gasteiger partial charge >= 0.3 is 5.97 Å². The number of carbonyl (C=O) groups is 1. The van der Waals surface area contributed by atoms with Gasteiger partial charge in [0.2, 0.25) is 0 Å². The third kappa shape index (κ3) is 3.09. The summed E-state index contributed by atoms with van der Waals surface area (Å²) in [5, 5.41) is 10.00.